The number of nitrogens with two attached hydrogens (primary N) is 1. The number of unbranched alkanes of at least 4 members (excludes halogenated alkanes) is 1. The molecule has 9 nitrogen and oxygen atoms in total. The van der Waals surface area contributed by atoms with Crippen LogP contribution in [-0.4, -0.2) is 70.0 Å². The van der Waals surface area contributed by atoms with Crippen molar-refractivity contribution in [2.45, 2.75) is 70.0 Å². The van der Waals surface area contributed by atoms with Crippen LogP contribution in [0.2, 0.25) is 0 Å². The van der Waals surface area contributed by atoms with Gasteiger partial charge in [0.1, 0.15) is 12.1 Å². The number of carboxylic acids is 2. The molecule has 0 spiro atoms. The third-order valence-corrected chi connectivity index (χ3v) is 5.65. The van der Waals surface area contributed by atoms with E-state index in [1.54, 1.807) is 6.92 Å². The van der Waals surface area contributed by atoms with Crippen molar-refractivity contribution in [1.82, 2.24) is 10.2 Å². The summed E-state index contributed by atoms with van der Waals surface area (Å²) >= 11 is 0. The summed E-state index contributed by atoms with van der Waals surface area (Å²) in [4.78, 5) is 42.2. The number of aliphatic carboxylic acids is 2. The number of hydrogen-bond donors (Lipinski definition) is 4. The number of benzene rings is 1. The molecule has 0 aromatic heterocycles. The van der Waals surface area contributed by atoms with E-state index in [0.717, 1.165) is 5.56 Å². The van der Waals surface area contributed by atoms with E-state index in [9.17, 15) is 24.6 Å². The Morgan fingerprint density at radius 3 is 2.50 bits per heavy atom. The molecular weight excluding hydrogens is 412 g/mol. The summed E-state index contributed by atoms with van der Waals surface area (Å²) in [7, 11) is 0. The third kappa shape index (κ3) is 7.96. The summed E-state index contributed by atoms with van der Waals surface area (Å²) in [6.45, 7) is 2.60. The molecule has 176 valence electrons. The first-order valence-corrected chi connectivity index (χ1v) is 11.1. The monoisotopic (exact) mass is 446 g/mol. The van der Waals surface area contributed by atoms with Gasteiger partial charge in [-0.3, -0.25) is 19.9 Å². The minimum Gasteiger partial charge on any atom is -0.480 e. The number of nitrogens with one attached hydrogen (secondary N) is 1. The van der Waals surface area contributed by atoms with Crippen molar-refractivity contribution in [2.24, 2.45) is 10.7 Å². The zero-order valence-corrected chi connectivity index (χ0v) is 18.6. The number of carbonyl (C=O) groups excluding carboxylic acids is 1. The van der Waals surface area contributed by atoms with Gasteiger partial charge in [0.05, 0.1) is 11.9 Å². The number of aliphatic imine (C=N–C) groups is 1. The van der Waals surface area contributed by atoms with E-state index < -0.39 is 30.1 Å². The highest BCUT2D eigenvalue weighted by Gasteiger charge is 2.38. The molecule has 3 atom stereocenters. The van der Waals surface area contributed by atoms with E-state index in [-0.39, 0.29) is 5.91 Å². The second-order valence-corrected chi connectivity index (χ2v) is 8.18. The number of hydrogen-bond acceptors (Lipinski definition) is 5. The van der Waals surface area contributed by atoms with Gasteiger partial charge in [-0.15, -0.1) is 0 Å². The van der Waals surface area contributed by atoms with Gasteiger partial charge in [0.2, 0.25) is 5.91 Å². The van der Waals surface area contributed by atoms with Gasteiger partial charge in [-0.1, -0.05) is 30.3 Å². The highest BCUT2D eigenvalue weighted by molar-refractivity contribution is 5.88. The molecule has 9 heteroatoms. The lowest BCUT2D eigenvalue weighted by Crippen LogP contribution is -2.54. The number of nitrogens with zero attached hydrogens (tertiary/aromatic N) is 2. The molecule has 1 fully saturated rings. The first kappa shape index (κ1) is 25.3. The summed E-state index contributed by atoms with van der Waals surface area (Å²) < 4.78 is 0. The lowest BCUT2D eigenvalue weighted by molar-refractivity contribution is -0.149. The molecule has 1 aliphatic rings. The first-order chi connectivity index (χ1) is 15.3. The number of likely N-dealkylation sites (tertiary alicyclic amines) is 1. The van der Waals surface area contributed by atoms with E-state index in [2.05, 4.69) is 10.3 Å². The van der Waals surface area contributed by atoms with E-state index in [0.29, 0.717) is 63.9 Å². The molecule has 0 saturated carbocycles. The van der Waals surface area contributed by atoms with Crippen molar-refractivity contribution in [1.29, 1.82) is 0 Å². The van der Waals surface area contributed by atoms with Gasteiger partial charge in [-0.05, 0) is 57.4 Å². The smallest absolute Gasteiger partial charge is 0.326 e. The molecule has 0 radical (unpaired) electrons. The molecule has 0 aliphatic carbocycles. The molecule has 2 rings (SSSR count). The Hall–Kier alpha value is -2.94. The third-order valence-electron chi connectivity index (χ3n) is 5.65. The van der Waals surface area contributed by atoms with E-state index in [1.807, 2.05) is 30.3 Å². The first-order valence-electron chi connectivity index (χ1n) is 11.1. The zero-order chi connectivity index (χ0) is 23.5. The summed E-state index contributed by atoms with van der Waals surface area (Å²) in [5.41, 5.74) is 6.56. The Morgan fingerprint density at radius 2 is 1.88 bits per heavy atom. The number of rotatable bonds is 13. The summed E-state index contributed by atoms with van der Waals surface area (Å²) in [5.74, 6) is -1.91. The predicted molar refractivity (Wildman–Crippen MR) is 121 cm³/mol. The van der Waals surface area contributed by atoms with Crippen LogP contribution in [0.3, 0.4) is 0 Å². The van der Waals surface area contributed by atoms with Gasteiger partial charge in [-0.25, -0.2) is 4.79 Å². The molecule has 1 aliphatic heterocycles. The van der Waals surface area contributed by atoms with E-state index in [1.165, 1.54) is 4.90 Å². The van der Waals surface area contributed by atoms with Crippen LogP contribution in [0.1, 0.15) is 51.0 Å². The van der Waals surface area contributed by atoms with Gasteiger partial charge >= 0.3 is 11.9 Å². The molecule has 1 saturated heterocycles. The van der Waals surface area contributed by atoms with Crippen molar-refractivity contribution >= 4 is 23.7 Å². The Bertz CT molecular complexity index is 795. The molecule has 1 aromatic carbocycles. The van der Waals surface area contributed by atoms with Crippen LogP contribution < -0.4 is 11.1 Å². The molecule has 1 aromatic rings. The zero-order valence-electron chi connectivity index (χ0n) is 18.6. The number of amides is 1. The Morgan fingerprint density at radius 1 is 1.16 bits per heavy atom. The van der Waals surface area contributed by atoms with Gasteiger partial charge in [0, 0.05) is 13.1 Å². The van der Waals surface area contributed by atoms with Crippen molar-refractivity contribution in [2.75, 3.05) is 13.1 Å². The summed E-state index contributed by atoms with van der Waals surface area (Å²) in [5, 5.41) is 22.2. The van der Waals surface area contributed by atoms with E-state index in [4.69, 9.17) is 5.73 Å². The fourth-order valence-electron chi connectivity index (χ4n) is 3.96. The largest absolute Gasteiger partial charge is 0.480 e. The minimum absolute atomic E-state index is 0.322. The predicted octanol–water partition coefficient (Wildman–Crippen LogP) is 1.65. The maximum atomic E-state index is 13.2. The Balaban J connectivity index is 2.08. The van der Waals surface area contributed by atoms with Gasteiger partial charge < -0.3 is 20.8 Å². The number of aryl methyl sites for hydroxylation is 1. The molecular formula is C23H34N4O5. The molecule has 1 heterocycles. The van der Waals surface area contributed by atoms with E-state index >= 15 is 0 Å². The van der Waals surface area contributed by atoms with Gasteiger partial charge in [0.15, 0.2) is 0 Å². The normalized spacial score (nSPS) is 18.3. The second kappa shape index (κ2) is 12.8. The van der Waals surface area contributed by atoms with Crippen molar-refractivity contribution < 1.29 is 24.6 Å². The highest BCUT2D eigenvalue weighted by Crippen LogP contribution is 2.20. The quantitative estimate of drug-likeness (QED) is 0.205. The fourth-order valence-corrected chi connectivity index (χ4v) is 3.96. The lowest BCUT2D eigenvalue weighted by Gasteiger charge is -2.29. The number of amidine groups is 1. The van der Waals surface area contributed by atoms with Crippen molar-refractivity contribution in [3.05, 3.63) is 35.9 Å². The SMILES string of the molecule is CC(N)=NCCCC[C@H](NC(CCc1ccccc1)C(=O)O)C(=O)N1CCC[C@H]1C(=O)O. The van der Waals surface area contributed by atoms with Crippen LogP contribution in [0.4, 0.5) is 0 Å². The average Bonchev–Trinajstić information content (AvgIpc) is 3.25. The maximum absolute atomic E-state index is 13.2. The Labute approximate surface area is 188 Å². The van der Waals surface area contributed by atoms with Crippen molar-refractivity contribution in [3.63, 3.8) is 0 Å². The van der Waals surface area contributed by atoms with Crippen LogP contribution in [-0.2, 0) is 20.8 Å². The van der Waals surface area contributed by atoms with Crippen LogP contribution in [0, 0.1) is 0 Å². The minimum atomic E-state index is -1.03. The topological polar surface area (TPSA) is 145 Å². The highest BCUT2D eigenvalue weighted by atomic mass is 16.4. The summed E-state index contributed by atoms with van der Waals surface area (Å²) in [6, 6.07) is 7.02. The maximum Gasteiger partial charge on any atom is 0.326 e. The van der Waals surface area contributed by atoms with Crippen LogP contribution in [0.15, 0.2) is 35.3 Å². The second-order valence-electron chi connectivity index (χ2n) is 8.18. The molecule has 5 N–H and O–H groups in total. The van der Waals surface area contributed by atoms with Gasteiger partial charge in [-0.2, -0.15) is 0 Å². The molecule has 0 bridgehead atoms. The van der Waals surface area contributed by atoms with Crippen LogP contribution in [0.25, 0.3) is 0 Å². The number of carbonyl (C=O) groups is 3. The molecule has 32 heavy (non-hydrogen) atoms. The van der Waals surface area contributed by atoms with Crippen LogP contribution in [0.5, 0.6) is 0 Å². The summed E-state index contributed by atoms with van der Waals surface area (Å²) in [6.07, 6.45) is 3.64. The lowest BCUT2D eigenvalue weighted by atomic mass is 10.0. The van der Waals surface area contributed by atoms with Gasteiger partial charge in [0.25, 0.3) is 0 Å². The van der Waals surface area contributed by atoms with Crippen LogP contribution >= 0.6 is 0 Å². The van der Waals surface area contributed by atoms with Crippen molar-refractivity contribution in [3.8, 4) is 0 Å². The molecule has 1 unspecified atom stereocenters. The fraction of sp³-hybridized carbons (Fsp3) is 0.565. The Kier molecular flexibility index (Phi) is 10.1. The average molecular weight is 447 g/mol. The standard InChI is InChI=1S/C23H34N4O5/c1-16(24)25-14-6-5-10-18(21(28)27-15-7-11-20(27)23(31)32)26-19(22(29)30)13-12-17-8-3-2-4-9-17/h2-4,8-9,18-20,26H,5-7,10-15H2,1H3,(H2,24,25)(H,29,30)(H,31,32)/t18-,19?,20-/m0/s1. The molecule has 1 amide bonds. The number of carboxylic acid groups (broad SMARTS) is 2.